The second-order valence-corrected chi connectivity index (χ2v) is 5.47. The summed E-state index contributed by atoms with van der Waals surface area (Å²) in [5.74, 6) is 0.454. The molecule has 2 rings (SSSR count). The summed E-state index contributed by atoms with van der Waals surface area (Å²) in [7, 11) is 3.03. The summed E-state index contributed by atoms with van der Waals surface area (Å²) in [4.78, 5) is 24.1. The molecule has 0 aliphatic carbocycles. The zero-order valence-electron chi connectivity index (χ0n) is 14.0. The Kier molecular flexibility index (Phi) is 6.65. The second kappa shape index (κ2) is 8.94. The maximum atomic E-state index is 12.1. The lowest BCUT2D eigenvalue weighted by Crippen LogP contribution is -2.22. The number of amides is 2. The SMILES string of the molecule is CNC(=O)c1cc(OC)ccc1NC(=O)CCOc1ccccc1Cl. The van der Waals surface area contributed by atoms with Crippen molar-refractivity contribution in [3.63, 3.8) is 0 Å². The van der Waals surface area contributed by atoms with E-state index in [9.17, 15) is 9.59 Å². The highest BCUT2D eigenvalue weighted by Crippen LogP contribution is 2.24. The average molecular weight is 363 g/mol. The number of para-hydroxylation sites is 1. The predicted molar refractivity (Wildman–Crippen MR) is 96.6 cm³/mol. The molecule has 0 unspecified atom stereocenters. The number of carbonyl (C=O) groups is 2. The lowest BCUT2D eigenvalue weighted by Gasteiger charge is -2.12. The fraction of sp³-hybridized carbons (Fsp3) is 0.222. The molecule has 2 amide bonds. The van der Waals surface area contributed by atoms with Gasteiger partial charge in [-0.1, -0.05) is 23.7 Å². The van der Waals surface area contributed by atoms with E-state index >= 15 is 0 Å². The van der Waals surface area contributed by atoms with Crippen LogP contribution in [0.15, 0.2) is 42.5 Å². The molecule has 132 valence electrons. The Morgan fingerprint density at radius 1 is 1.16 bits per heavy atom. The summed E-state index contributed by atoms with van der Waals surface area (Å²) in [5, 5.41) is 5.73. The average Bonchev–Trinajstić information content (AvgIpc) is 2.63. The van der Waals surface area contributed by atoms with Crippen LogP contribution in [0.2, 0.25) is 5.02 Å². The van der Waals surface area contributed by atoms with Crippen LogP contribution in [-0.2, 0) is 4.79 Å². The number of benzene rings is 2. The quantitative estimate of drug-likeness (QED) is 0.793. The number of halogens is 1. The van der Waals surface area contributed by atoms with Gasteiger partial charge in [0.15, 0.2) is 0 Å². The Labute approximate surface area is 151 Å². The van der Waals surface area contributed by atoms with Gasteiger partial charge in [0.05, 0.1) is 36.4 Å². The van der Waals surface area contributed by atoms with Gasteiger partial charge in [-0.3, -0.25) is 9.59 Å². The molecular weight excluding hydrogens is 344 g/mol. The van der Waals surface area contributed by atoms with Crippen LogP contribution >= 0.6 is 11.6 Å². The maximum absolute atomic E-state index is 12.1. The zero-order chi connectivity index (χ0) is 18.2. The summed E-state index contributed by atoms with van der Waals surface area (Å²) in [6.45, 7) is 0.168. The van der Waals surface area contributed by atoms with E-state index in [2.05, 4.69) is 10.6 Å². The van der Waals surface area contributed by atoms with Gasteiger partial charge < -0.3 is 20.1 Å². The zero-order valence-corrected chi connectivity index (χ0v) is 14.7. The molecule has 6 nitrogen and oxygen atoms in total. The summed E-state index contributed by atoms with van der Waals surface area (Å²) in [6.07, 6.45) is 0.116. The molecule has 0 atom stereocenters. The predicted octanol–water partition coefficient (Wildman–Crippen LogP) is 3.12. The van der Waals surface area contributed by atoms with Gasteiger partial charge in [0.25, 0.3) is 5.91 Å². The van der Waals surface area contributed by atoms with E-state index in [1.807, 2.05) is 0 Å². The minimum Gasteiger partial charge on any atom is -0.497 e. The first-order valence-corrected chi connectivity index (χ1v) is 8.00. The van der Waals surface area contributed by atoms with Gasteiger partial charge in [-0.05, 0) is 30.3 Å². The van der Waals surface area contributed by atoms with Crippen molar-refractivity contribution < 1.29 is 19.1 Å². The molecule has 0 saturated carbocycles. The molecule has 2 aromatic rings. The Morgan fingerprint density at radius 2 is 1.92 bits per heavy atom. The molecule has 2 aromatic carbocycles. The molecule has 0 heterocycles. The molecule has 0 aliphatic rings. The van der Waals surface area contributed by atoms with Crippen molar-refractivity contribution in [1.82, 2.24) is 5.32 Å². The van der Waals surface area contributed by atoms with Crippen LogP contribution in [0.4, 0.5) is 5.69 Å². The van der Waals surface area contributed by atoms with Crippen LogP contribution in [0.1, 0.15) is 16.8 Å². The van der Waals surface area contributed by atoms with Crippen molar-refractivity contribution in [3.05, 3.63) is 53.1 Å². The first kappa shape index (κ1) is 18.6. The van der Waals surface area contributed by atoms with Crippen molar-refractivity contribution in [1.29, 1.82) is 0 Å². The first-order valence-electron chi connectivity index (χ1n) is 7.62. The fourth-order valence-corrected chi connectivity index (χ4v) is 2.30. The minimum absolute atomic E-state index is 0.116. The number of hydrogen-bond donors (Lipinski definition) is 2. The minimum atomic E-state index is -0.318. The highest BCUT2D eigenvalue weighted by molar-refractivity contribution is 6.32. The van der Waals surface area contributed by atoms with E-state index < -0.39 is 0 Å². The van der Waals surface area contributed by atoms with Gasteiger partial charge in [0.2, 0.25) is 5.91 Å². The van der Waals surface area contributed by atoms with Gasteiger partial charge in [0.1, 0.15) is 11.5 Å². The van der Waals surface area contributed by atoms with E-state index in [1.54, 1.807) is 42.5 Å². The topological polar surface area (TPSA) is 76.7 Å². The Morgan fingerprint density at radius 3 is 2.60 bits per heavy atom. The molecule has 25 heavy (non-hydrogen) atoms. The monoisotopic (exact) mass is 362 g/mol. The molecule has 2 N–H and O–H groups in total. The Balaban J connectivity index is 1.98. The number of ether oxygens (including phenoxy) is 2. The lowest BCUT2D eigenvalue weighted by molar-refractivity contribution is -0.116. The second-order valence-electron chi connectivity index (χ2n) is 5.07. The molecule has 0 radical (unpaired) electrons. The van der Waals surface area contributed by atoms with Gasteiger partial charge in [-0.2, -0.15) is 0 Å². The normalized spacial score (nSPS) is 10.0. The molecule has 0 bridgehead atoms. The van der Waals surface area contributed by atoms with E-state index in [1.165, 1.54) is 14.2 Å². The standard InChI is InChI=1S/C18H19ClN2O4/c1-20-18(23)13-11-12(24-2)7-8-15(13)21-17(22)9-10-25-16-6-4-3-5-14(16)19/h3-8,11H,9-10H2,1-2H3,(H,20,23)(H,21,22). The van der Waals surface area contributed by atoms with E-state index in [4.69, 9.17) is 21.1 Å². The number of nitrogens with one attached hydrogen (secondary N) is 2. The van der Waals surface area contributed by atoms with E-state index in [0.29, 0.717) is 27.8 Å². The van der Waals surface area contributed by atoms with Crippen LogP contribution in [-0.4, -0.2) is 32.6 Å². The van der Waals surface area contributed by atoms with Crippen LogP contribution in [0, 0.1) is 0 Å². The van der Waals surface area contributed by atoms with Gasteiger partial charge in [-0.25, -0.2) is 0 Å². The summed E-state index contributed by atoms with van der Waals surface area (Å²) in [6, 6.07) is 11.9. The third-order valence-corrected chi connectivity index (χ3v) is 3.71. The molecule has 0 aromatic heterocycles. The molecule has 7 heteroatoms. The van der Waals surface area contributed by atoms with Crippen molar-refractivity contribution >= 4 is 29.1 Å². The highest BCUT2D eigenvalue weighted by Gasteiger charge is 2.14. The van der Waals surface area contributed by atoms with Crippen LogP contribution < -0.4 is 20.1 Å². The van der Waals surface area contributed by atoms with Gasteiger partial charge in [-0.15, -0.1) is 0 Å². The number of anilines is 1. The van der Waals surface area contributed by atoms with Crippen LogP contribution in [0.5, 0.6) is 11.5 Å². The third-order valence-electron chi connectivity index (χ3n) is 3.40. The number of hydrogen-bond acceptors (Lipinski definition) is 4. The van der Waals surface area contributed by atoms with Crippen molar-refractivity contribution in [2.45, 2.75) is 6.42 Å². The first-order chi connectivity index (χ1) is 12.0. The van der Waals surface area contributed by atoms with Crippen molar-refractivity contribution in [3.8, 4) is 11.5 Å². The third kappa shape index (κ3) is 5.12. The highest BCUT2D eigenvalue weighted by atomic mass is 35.5. The van der Waals surface area contributed by atoms with Gasteiger partial charge >= 0.3 is 0 Å². The molecule has 0 aliphatic heterocycles. The molecule has 0 fully saturated rings. The fourth-order valence-electron chi connectivity index (χ4n) is 2.11. The molecule has 0 spiro atoms. The summed E-state index contributed by atoms with van der Waals surface area (Å²) >= 11 is 5.99. The van der Waals surface area contributed by atoms with Crippen molar-refractivity contribution in [2.24, 2.45) is 0 Å². The van der Waals surface area contributed by atoms with E-state index in [-0.39, 0.29) is 24.8 Å². The van der Waals surface area contributed by atoms with Crippen molar-refractivity contribution in [2.75, 3.05) is 26.1 Å². The summed E-state index contributed by atoms with van der Waals surface area (Å²) in [5.41, 5.74) is 0.727. The molecule has 0 saturated heterocycles. The largest absolute Gasteiger partial charge is 0.497 e. The molecular formula is C18H19ClN2O4. The number of carbonyl (C=O) groups excluding carboxylic acids is 2. The van der Waals surface area contributed by atoms with E-state index in [0.717, 1.165) is 0 Å². The van der Waals surface area contributed by atoms with Gasteiger partial charge in [0, 0.05) is 7.05 Å². The Bertz CT molecular complexity index is 764. The summed E-state index contributed by atoms with van der Waals surface area (Å²) < 4.78 is 10.6. The van der Waals surface area contributed by atoms with Crippen LogP contribution in [0.3, 0.4) is 0 Å². The lowest BCUT2D eigenvalue weighted by atomic mass is 10.1. The Hall–Kier alpha value is -2.73. The smallest absolute Gasteiger partial charge is 0.253 e. The van der Waals surface area contributed by atoms with Crippen LogP contribution in [0.25, 0.3) is 0 Å². The maximum Gasteiger partial charge on any atom is 0.253 e. The number of methoxy groups -OCH3 is 1. The number of rotatable bonds is 7.